The van der Waals surface area contributed by atoms with Gasteiger partial charge in [0.25, 0.3) is 0 Å². The van der Waals surface area contributed by atoms with E-state index in [0.717, 1.165) is 58.3 Å². The second-order valence-corrected chi connectivity index (χ2v) is 12.3. The molecule has 1 saturated carbocycles. The molecule has 0 bridgehead atoms. The lowest BCUT2D eigenvalue weighted by Crippen LogP contribution is -2.81. The normalized spacial score (nSPS) is 39.9. The first-order valence-electron chi connectivity index (χ1n) is 15.0. The highest BCUT2D eigenvalue weighted by Crippen LogP contribution is 2.38. The highest BCUT2D eigenvalue weighted by Gasteiger charge is 2.56. The lowest BCUT2D eigenvalue weighted by Gasteiger charge is -2.58. The molecule has 6 fully saturated rings. The molecular formula is C27H46FN7O3. The number of rotatable bonds is 5. The predicted molar refractivity (Wildman–Crippen MR) is 141 cm³/mol. The van der Waals surface area contributed by atoms with Crippen LogP contribution in [0.5, 0.6) is 0 Å². The number of halogens is 1. The van der Waals surface area contributed by atoms with Gasteiger partial charge >= 0.3 is 0 Å². The molecule has 1 aliphatic carbocycles. The topological polar surface area (TPSA) is 115 Å². The number of fused-ring (bicyclic) bond motifs is 1. The van der Waals surface area contributed by atoms with Crippen LogP contribution in [0.2, 0.25) is 0 Å². The van der Waals surface area contributed by atoms with Gasteiger partial charge in [-0.3, -0.25) is 24.7 Å². The lowest BCUT2D eigenvalue weighted by atomic mass is 9.82. The molecular weight excluding hydrogens is 489 g/mol. The van der Waals surface area contributed by atoms with Crippen molar-refractivity contribution in [3.05, 3.63) is 0 Å². The van der Waals surface area contributed by atoms with Crippen molar-refractivity contribution in [1.82, 2.24) is 30.7 Å². The largest absolute Gasteiger partial charge is 0.378 e. The van der Waals surface area contributed by atoms with E-state index in [0.29, 0.717) is 38.8 Å². The Bertz CT molecular complexity index is 847. The molecule has 214 valence electrons. The first kappa shape index (κ1) is 26.8. The SMILES string of the molecule is NC1C(C(=O)NC2CNCCC2N2CCC(C(=O)N3CCOCC3)CC2)C2NC(C3CCCC3)C(F)CN12. The van der Waals surface area contributed by atoms with E-state index >= 15 is 0 Å². The zero-order chi connectivity index (χ0) is 26.2. The molecule has 5 saturated heterocycles. The van der Waals surface area contributed by atoms with Crippen LogP contribution in [0, 0.1) is 17.8 Å². The highest BCUT2D eigenvalue weighted by molar-refractivity contribution is 5.81. The minimum atomic E-state index is -0.936. The summed E-state index contributed by atoms with van der Waals surface area (Å²) < 4.78 is 20.4. The second kappa shape index (κ2) is 11.6. The van der Waals surface area contributed by atoms with E-state index in [4.69, 9.17) is 10.5 Å². The van der Waals surface area contributed by atoms with Crippen molar-refractivity contribution in [2.75, 3.05) is 59.0 Å². The van der Waals surface area contributed by atoms with Crippen molar-refractivity contribution in [3.63, 3.8) is 0 Å². The van der Waals surface area contributed by atoms with Crippen LogP contribution in [0.1, 0.15) is 44.9 Å². The van der Waals surface area contributed by atoms with Gasteiger partial charge in [0, 0.05) is 44.2 Å². The van der Waals surface area contributed by atoms with Gasteiger partial charge in [-0.1, -0.05) is 12.8 Å². The third-order valence-electron chi connectivity index (χ3n) is 10.2. The average Bonchev–Trinajstić information content (AvgIpc) is 3.49. The maximum absolute atomic E-state index is 15.0. The number of piperidine rings is 2. The maximum Gasteiger partial charge on any atom is 0.229 e. The Balaban J connectivity index is 1.04. The number of carbonyl (C=O) groups is 2. The number of alkyl halides is 1. The number of nitrogens with one attached hydrogen (secondary N) is 3. The number of nitrogens with two attached hydrogens (primary N) is 1. The molecule has 0 aromatic carbocycles. The second-order valence-electron chi connectivity index (χ2n) is 12.3. The van der Waals surface area contributed by atoms with Crippen LogP contribution in [0.3, 0.4) is 0 Å². The molecule has 0 radical (unpaired) electrons. The van der Waals surface area contributed by atoms with Crippen molar-refractivity contribution in [2.45, 2.75) is 81.6 Å². The Hall–Kier alpha value is -1.37. The fraction of sp³-hybridized carbons (Fsp3) is 0.926. The van der Waals surface area contributed by atoms with Crippen LogP contribution in [-0.4, -0.2) is 122 Å². The van der Waals surface area contributed by atoms with E-state index < -0.39 is 12.3 Å². The van der Waals surface area contributed by atoms with Crippen LogP contribution in [0.4, 0.5) is 4.39 Å². The quantitative estimate of drug-likeness (QED) is 0.371. The number of morpholine rings is 1. The molecule has 5 aliphatic heterocycles. The summed E-state index contributed by atoms with van der Waals surface area (Å²) in [5.74, 6) is 0.328. The van der Waals surface area contributed by atoms with Gasteiger partial charge in [-0.05, 0) is 57.7 Å². The molecule has 7 atom stereocenters. The van der Waals surface area contributed by atoms with Gasteiger partial charge in [0.15, 0.2) is 0 Å². The summed E-state index contributed by atoms with van der Waals surface area (Å²) in [6, 6.07) is 0.0621. The lowest BCUT2D eigenvalue weighted by molar-refractivity contribution is -0.161. The molecule has 7 unspecified atom stereocenters. The van der Waals surface area contributed by atoms with Gasteiger partial charge in [-0.25, -0.2) is 4.39 Å². The molecule has 38 heavy (non-hydrogen) atoms. The minimum Gasteiger partial charge on any atom is -0.378 e. The summed E-state index contributed by atoms with van der Waals surface area (Å²) in [7, 11) is 0. The summed E-state index contributed by atoms with van der Waals surface area (Å²) in [5.41, 5.74) is 6.42. The Morgan fingerprint density at radius 2 is 1.74 bits per heavy atom. The van der Waals surface area contributed by atoms with Gasteiger partial charge < -0.3 is 26.0 Å². The third-order valence-corrected chi connectivity index (χ3v) is 10.2. The fourth-order valence-electron chi connectivity index (χ4n) is 8.01. The molecule has 0 aromatic rings. The van der Waals surface area contributed by atoms with Crippen LogP contribution in [0.25, 0.3) is 0 Å². The summed E-state index contributed by atoms with van der Waals surface area (Å²) in [4.78, 5) is 32.9. The summed E-state index contributed by atoms with van der Waals surface area (Å²) >= 11 is 0. The van der Waals surface area contributed by atoms with Crippen molar-refractivity contribution in [3.8, 4) is 0 Å². The van der Waals surface area contributed by atoms with Gasteiger partial charge in [0.1, 0.15) is 6.17 Å². The molecule has 6 aliphatic rings. The smallest absolute Gasteiger partial charge is 0.229 e. The third kappa shape index (κ3) is 5.22. The first-order valence-corrected chi connectivity index (χ1v) is 15.0. The van der Waals surface area contributed by atoms with E-state index in [9.17, 15) is 14.0 Å². The number of carbonyl (C=O) groups excluding carboxylic acids is 2. The number of ether oxygens (including phenoxy) is 1. The number of nitrogens with zero attached hydrogens (tertiary/aromatic N) is 3. The van der Waals surface area contributed by atoms with Gasteiger partial charge in [0.2, 0.25) is 11.8 Å². The molecule has 2 amide bonds. The van der Waals surface area contributed by atoms with Crippen molar-refractivity contribution < 1.29 is 18.7 Å². The zero-order valence-electron chi connectivity index (χ0n) is 22.5. The van der Waals surface area contributed by atoms with Gasteiger partial charge in [-0.2, -0.15) is 0 Å². The molecule has 11 heteroatoms. The monoisotopic (exact) mass is 535 g/mol. The van der Waals surface area contributed by atoms with E-state index in [-0.39, 0.29) is 47.9 Å². The van der Waals surface area contributed by atoms with Crippen LogP contribution in [0.15, 0.2) is 0 Å². The van der Waals surface area contributed by atoms with E-state index in [1.165, 1.54) is 12.8 Å². The Morgan fingerprint density at radius 1 is 1.00 bits per heavy atom. The van der Waals surface area contributed by atoms with Crippen molar-refractivity contribution in [1.29, 1.82) is 0 Å². The molecule has 5 N–H and O–H groups in total. The molecule has 5 heterocycles. The number of likely N-dealkylation sites (tertiary alicyclic amines) is 1. The molecule has 6 rings (SSSR count). The van der Waals surface area contributed by atoms with E-state index in [1.807, 2.05) is 9.80 Å². The predicted octanol–water partition coefficient (Wildman–Crippen LogP) is -0.553. The average molecular weight is 536 g/mol. The standard InChI is InChI=1S/C27H46FN7O3/c28-19-16-35-24(29)22(25(35)32-23(19)17-3-1-2-4-17)26(36)31-20-15-30-8-5-21(20)33-9-6-18(7-10-33)27(37)34-11-13-38-14-12-34/h17-25,30,32H,1-16,29H2,(H,31,36). The maximum atomic E-state index is 15.0. The van der Waals surface area contributed by atoms with Gasteiger partial charge in [-0.15, -0.1) is 0 Å². The number of amides is 2. The fourth-order valence-corrected chi connectivity index (χ4v) is 8.01. The Morgan fingerprint density at radius 3 is 2.47 bits per heavy atom. The van der Waals surface area contributed by atoms with Crippen molar-refractivity contribution >= 4 is 11.8 Å². The van der Waals surface area contributed by atoms with Crippen LogP contribution >= 0.6 is 0 Å². The number of hydrogen-bond donors (Lipinski definition) is 4. The molecule has 0 spiro atoms. The minimum absolute atomic E-state index is 0.00728. The van der Waals surface area contributed by atoms with Crippen molar-refractivity contribution in [2.24, 2.45) is 23.5 Å². The van der Waals surface area contributed by atoms with Crippen LogP contribution in [-0.2, 0) is 14.3 Å². The van der Waals surface area contributed by atoms with Gasteiger partial charge in [0.05, 0.1) is 37.5 Å². The molecule has 10 nitrogen and oxygen atoms in total. The Labute approximate surface area is 225 Å². The molecule has 0 aromatic heterocycles. The first-order chi connectivity index (χ1) is 18.5. The summed E-state index contributed by atoms with van der Waals surface area (Å²) in [6.45, 7) is 6.38. The highest BCUT2D eigenvalue weighted by atomic mass is 19.1. The van der Waals surface area contributed by atoms with E-state index in [1.54, 1.807) is 0 Å². The van der Waals surface area contributed by atoms with Crippen LogP contribution < -0.4 is 21.7 Å². The summed E-state index contributed by atoms with van der Waals surface area (Å²) in [5, 5.41) is 10.3. The van der Waals surface area contributed by atoms with E-state index in [2.05, 4.69) is 20.9 Å². The number of hydrogen-bond acceptors (Lipinski definition) is 8. The zero-order valence-corrected chi connectivity index (χ0v) is 22.5. The Kier molecular flexibility index (Phi) is 8.21. The summed E-state index contributed by atoms with van der Waals surface area (Å²) in [6.07, 6.45) is 5.59.